The van der Waals surface area contributed by atoms with Crippen LogP contribution in [0.2, 0.25) is 0 Å². The molecule has 0 aliphatic heterocycles. The molecule has 1 aromatic carbocycles. The number of rotatable bonds is 4. The highest BCUT2D eigenvalue weighted by Crippen LogP contribution is 2.15. The Morgan fingerprint density at radius 3 is 2.56 bits per heavy atom. The Balaban J connectivity index is 3.09. The fourth-order valence-electron chi connectivity index (χ4n) is 1.20. The molecule has 0 saturated heterocycles. The van der Waals surface area contributed by atoms with Crippen LogP contribution in [0.3, 0.4) is 0 Å². The van der Waals surface area contributed by atoms with E-state index < -0.39 is 23.1 Å². The number of nitrogens with one attached hydrogen (secondary N) is 1. The van der Waals surface area contributed by atoms with Gasteiger partial charge in [-0.3, -0.25) is 4.79 Å². The third-order valence-corrected chi connectivity index (χ3v) is 2.06. The lowest BCUT2D eigenvalue weighted by Crippen LogP contribution is -2.24. The van der Waals surface area contributed by atoms with Gasteiger partial charge in [0, 0.05) is 12.1 Å². The van der Waals surface area contributed by atoms with Gasteiger partial charge in [-0.1, -0.05) is 12.1 Å². The molecule has 0 saturated carbocycles. The molecule has 92 valence electrons. The van der Waals surface area contributed by atoms with E-state index in [1.807, 2.05) is 0 Å². The zero-order valence-corrected chi connectivity index (χ0v) is 9.41. The molecule has 0 aromatic heterocycles. The van der Waals surface area contributed by atoms with Gasteiger partial charge in [-0.25, -0.2) is 8.78 Å². The smallest absolute Gasteiger partial charge is 0.262 e. The van der Waals surface area contributed by atoms with E-state index in [2.05, 4.69) is 11.9 Å². The van der Waals surface area contributed by atoms with Crippen molar-refractivity contribution in [3.8, 4) is 6.07 Å². The molecule has 1 N–H and O–H groups in total. The SMILES string of the molecule is C=CCNC(=O)/C(C#N)=C/c1c(F)cccc1F. The average molecular weight is 248 g/mol. The van der Waals surface area contributed by atoms with Gasteiger partial charge < -0.3 is 5.32 Å². The Labute approximate surface area is 103 Å². The number of amides is 1. The Kier molecular flexibility index (Phi) is 4.76. The summed E-state index contributed by atoms with van der Waals surface area (Å²) in [4.78, 5) is 11.5. The second-order valence-electron chi connectivity index (χ2n) is 3.30. The molecule has 0 fully saturated rings. The minimum Gasteiger partial charge on any atom is -0.348 e. The van der Waals surface area contributed by atoms with Gasteiger partial charge in [0.1, 0.15) is 23.3 Å². The molecule has 0 radical (unpaired) electrons. The largest absolute Gasteiger partial charge is 0.348 e. The molecule has 0 heterocycles. The number of carbonyl (C=O) groups excluding carboxylic acids is 1. The molecule has 0 aliphatic carbocycles. The van der Waals surface area contributed by atoms with E-state index in [0.29, 0.717) is 0 Å². The second kappa shape index (κ2) is 6.30. The first-order valence-corrected chi connectivity index (χ1v) is 5.05. The molecular weight excluding hydrogens is 238 g/mol. The molecule has 5 heteroatoms. The van der Waals surface area contributed by atoms with Gasteiger partial charge in [0.15, 0.2) is 0 Å². The monoisotopic (exact) mass is 248 g/mol. The van der Waals surface area contributed by atoms with Gasteiger partial charge in [0.25, 0.3) is 5.91 Å². The van der Waals surface area contributed by atoms with E-state index in [-0.39, 0.29) is 12.1 Å². The highest BCUT2D eigenvalue weighted by Gasteiger charge is 2.12. The molecule has 1 amide bonds. The van der Waals surface area contributed by atoms with E-state index in [4.69, 9.17) is 5.26 Å². The van der Waals surface area contributed by atoms with Crippen molar-refractivity contribution in [2.45, 2.75) is 0 Å². The van der Waals surface area contributed by atoms with Crippen molar-refractivity contribution in [1.82, 2.24) is 5.32 Å². The van der Waals surface area contributed by atoms with E-state index in [1.54, 1.807) is 6.07 Å². The van der Waals surface area contributed by atoms with Gasteiger partial charge in [-0.05, 0) is 18.2 Å². The van der Waals surface area contributed by atoms with E-state index >= 15 is 0 Å². The van der Waals surface area contributed by atoms with Crippen LogP contribution in [-0.2, 0) is 4.79 Å². The summed E-state index contributed by atoms with van der Waals surface area (Å²) in [6, 6.07) is 4.89. The van der Waals surface area contributed by atoms with Crippen LogP contribution in [0.4, 0.5) is 8.78 Å². The van der Waals surface area contributed by atoms with Crippen molar-refractivity contribution < 1.29 is 13.6 Å². The Bertz CT molecular complexity index is 524. The minimum absolute atomic E-state index is 0.164. The average Bonchev–Trinajstić information content (AvgIpc) is 2.35. The van der Waals surface area contributed by atoms with E-state index in [1.165, 1.54) is 12.1 Å². The van der Waals surface area contributed by atoms with Crippen LogP contribution in [0, 0.1) is 23.0 Å². The van der Waals surface area contributed by atoms with Gasteiger partial charge in [-0.15, -0.1) is 6.58 Å². The lowest BCUT2D eigenvalue weighted by molar-refractivity contribution is -0.116. The summed E-state index contributed by atoms with van der Waals surface area (Å²) in [6.45, 7) is 3.56. The normalized spacial score (nSPS) is 10.6. The number of hydrogen-bond donors (Lipinski definition) is 1. The topological polar surface area (TPSA) is 52.9 Å². The predicted octanol–water partition coefficient (Wildman–Crippen LogP) is 2.17. The Morgan fingerprint density at radius 1 is 1.44 bits per heavy atom. The number of halogens is 2. The fourth-order valence-corrected chi connectivity index (χ4v) is 1.20. The van der Waals surface area contributed by atoms with Crippen LogP contribution < -0.4 is 5.32 Å². The zero-order valence-electron chi connectivity index (χ0n) is 9.41. The van der Waals surface area contributed by atoms with Crippen LogP contribution in [0.1, 0.15) is 5.56 Å². The van der Waals surface area contributed by atoms with E-state index in [9.17, 15) is 13.6 Å². The summed E-state index contributed by atoms with van der Waals surface area (Å²) in [6.07, 6.45) is 2.31. The second-order valence-corrected chi connectivity index (χ2v) is 3.30. The molecule has 18 heavy (non-hydrogen) atoms. The Morgan fingerprint density at radius 2 is 2.06 bits per heavy atom. The van der Waals surface area contributed by atoms with Crippen molar-refractivity contribution in [3.63, 3.8) is 0 Å². The highest BCUT2D eigenvalue weighted by molar-refractivity contribution is 6.01. The maximum Gasteiger partial charge on any atom is 0.262 e. The molecule has 0 unspecified atom stereocenters. The third-order valence-electron chi connectivity index (χ3n) is 2.06. The molecule has 0 spiro atoms. The summed E-state index contributed by atoms with van der Waals surface area (Å²) in [5.41, 5.74) is -0.788. The fraction of sp³-hybridized carbons (Fsp3) is 0.0769. The van der Waals surface area contributed by atoms with Crippen molar-refractivity contribution in [1.29, 1.82) is 5.26 Å². The summed E-state index contributed by atoms with van der Waals surface area (Å²) < 4.78 is 26.6. The first-order valence-electron chi connectivity index (χ1n) is 5.05. The maximum absolute atomic E-state index is 13.3. The summed E-state index contributed by atoms with van der Waals surface area (Å²) in [5, 5.41) is 11.1. The lowest BCUT2D eigenvalue weighted by atomic mass is 10.1. The van der Waals surface area contributed by atoms with Crippen LogP contribution in [0.25, 0.3) is 6.08 Å². The molecule has 0 aliphatic rings. The van der Waals surface area contributed by atoms with Crippen molar-refractivity contribution >= 4 is 12.0 Å². The quantitative estimate of drug-likeness (QED) is 0.504. The molecule has 0 atom stereocenters. The first kappa shape index (κ1) is 13.6. The summed E-state index contributed by atoms with van der Waals surface area (Å²) in [7, 11) is 0. The van der Waals surface area contributed by atoms with Gasteiger partial charge in [0.05, 0.1) is 0 Å². The van der Waals surface area contributed by atoms with Crippen molar-refractivity contribution in [3.05, 3.63) is 53.6 Å². The van der Waals surface area contributed by atoms with Crippen LogP contribution in [-0.4, -0.2) is 12.5 Å². The summed E-state index contributed by atoms with van der Waals surface area (Å²) >= 11 is 0. The van der Waals surface area contributed by atoms with Crippen molar-refractivity contribution in [2.75, 3.05) is 6.54 Å². The van der Waals surface area contributed by atoms with Gasteiger partial charge >= 0.3 is 0 Å². The molecule has 0 bridgehead atoms. The number of benzene rings is 1. The minimum atomic E-state index is -0.834. The van der Waals surface area contributed by atoms with Crippen LogP contribution >= 0.6 is 0 Å². The molecule has 1 aromatic rings. The lowest BCUT2D eigenvalue weighted by Gasteiger charge is -2.02. The number of nitrogens with zero attached hydrogens (tertiary/aromatic N) is 1. The van der Waals surface area contributed by atoms with Gasteiger partial charge in [0.2, 0.25) is 0 Å². The number of hydrogen-bond acceptors (Lipinski definition) is 2. The maximum atomic E-state index is 13.3. The highest BCUT2D eigenvalue weighted by atomic mass is 19.1. The Hall–Kier alpha value is -2.48. The molecule has 3 nitrogen and oxygen atoms in total. The van der Waals surface area contributed by atoms with Crippen LogP contribution in [0.5, 0.6) is 0 Å². The molecular formula is C13H10F2N2O. The first-order chi connectivity index (χ1) is 8.60. The van der Waals surface area contributed by atoms with Gasteiger partial charge in [-0.2, -0.15) is 5.26 Å². The third kappa shape index (κ3) is 3.25. The number of carbonyl (C=O) groups is 1. The zero-order chi connectivity index (χ0) is 13.5. The van der Waals surface area contributed by atoms with E-state index in [0.717, 1.165) is 18.2 Å². The van der Waals surface area contributed by atoms with Crippen molar-refractivity contribution in [2.24, 2.45) is 0 Å². The predicted molar refractivity (Wildman–Crippen MR) is 63.2 cm³/mol. The summed E-state index contributed by atoms with van der Waals surface area (Å²) in [5.74, 6) is -2.38. The standard InChI is InChI=1S/C13H10F2N2O/c1-2-6-17-13(18)9(8-16)7-10-11(14)4-3-5-12(10)15/h2-5,7H,1,6H2,(H,17,18)/b9-7+. The molecule has 1 rings (SSSR count). The van der Waals surface area contributed by atoms with Crippen LogP contribution in [0.15, 0.2) is 36.4 Å². The number of nitriles is 1.